The number of nitrogens with one attached hydrogen (secondary N) is 1. The van der Waals surface area contributed by atoms with Crippen molar-refractivity contribution in [3.05, 3.63) is 47.4 Å². The Morgan fingerprint density at radius 2 is 2.08 bits per heavy atom. The van der Waals surface area contributed by atoms with Crippen LogP contribution in [0.4, 0.5) is 11.5 Å². The topological polar surface area (TPSA) is 75.4 Å². The molecule has 1 saturated heterocycles. The zero-order chi connectivity index (χ0) is 16.7. The van der Waals surface area contributed by atoms with E-state index in [1.807, 2.05) is 25.1 Å². The van der Waals surface area contributed by atoms with Gasteiger partial charge in [-0.2, -0.15) is 14.6 Å². The van der Waals surface area contributed by atoms with E-state index in [-0.39, 0.29) is 11.9 Å². The molecule has 3 heterocycles. The van der Waals surface area contributed by atoms with E-state index in [0.29, 0.717) is 29.6 Å². The van der Waals surface area contributed by atoms with Crippen molar-refractivity contribution in [3.8, 4) is 0 Å². The molecule has 4 rings (SSSR count). The van der Waals surface area contributed by atoms with Gasteiger partial charge in [0.1, 0.15) is 18.2 Å². The number of anilines is 2. The standard InChI is InChI=1S/C16H15ClN6O/c1-10-8-14(23-16(20-10)18-9-19-23)21-13-6-7-22(15(13)24)12-4-2-11(17)3-5-12/h2-5,8-9,13,21H,6-7H2,1H3. The fraction of sp³-hybridized carbons (Fsp3) is 0.250. The monoisotopic (exact) mass is 342 g/mol. The van der Waals surface area contributed by atoms with Crippen LogP contribution in [-0.4, -0.2) is 38.1 Å². The average molecular weight is 343 g/mol. The average Bonchev–Trinajstić information content (AvgIpc) is 3.16. The first-order valence-electron chi connectivity index (χ1n) is 7.63. The number of benzene rings is 1. The summed E-state index contributed by atoms with van der Waals surface area (Å²) in [5, 5.41) is 8.08. The molecular formula is C16H15ClN6O. The lowest BCUT2D eigenvalue weighted by atomic mass is 10.2. The normalized spacial score (nSPS) is 17.7. The molecule has 3 aromatic rings. The molecule has 7 nitrogen and oxygen atoms in total. The molecule has 1 fully saturated rings. The summed E-state index contributed by atoms with van der Waals surface area (Å²) in [5.74, 6) is 1.25. The van der Waals surface area contributed by atoms with Crippen LogP contribution in [-0.2, 0) is 4.79 Å². The number of aromatic nitrogens is 4. The number of aryl methyl sites for hydroxylation is 1. The highest BCUT2D eigenvalue weighted by Crippen LogP contribution is 2.25. The second kappa shape index (κ2) is 5.76. The Labute approximate surface area is 143 Å². The molecule has 0 bridgehead atoms. The highest BCUT2D eigenvalue weighted by molar-refractivity contribution is 6.30. The molecule has 122 valence electrons. The van der Waals surface area contributed by atoms with E-state index < -0.39 is 0 Å². The first kappa shape index (κ1) is 14.9. The minimum absolute atomic E-state index is 0.0278. The van der Waals surface area contributed by atoms with Crippen LogP contribution in [0.1, 0.15) is 12.1 Å². The quantitative estimate of drug-likeness (QED) is 0.790. The summed E-state index contributed by atoms with van der Waals surface area (Å²) in [6.45, 7) is 2.54. The SMILES string of the molecule is Cc1cc(NC2CCN(c3ccc(Cl)cc3)C2=O)n2ncnc2n1. The van der Waals surface area contributed by atoms with Gasteiger partial charge in [0, 0.05) is 29.0 Å². The molecule has 0 spiro atoms. The fourth-order valence-electron chi connectivity index (χ4n) is 2.90. The van der Waals surface area contributed by atoms with E-state index in [0.717, 1.165) is 11.4 Å². The maximum absolute atomic E-state index is 12.7. The van der Waals surface area contributed by atoms with E-state index in [4.69, 9.17) is 11.6 Å². The van der Waals surface area contributed by atoms with Crippen LogP contribution < -0.4 is 10.2 Å². The number of amides is 1. The summed E-state index contributed by atoms with van der Waals surface area (Å²) in [6.07, 6.45) is 2.16. The van der Waals surface area contributed by atoms with Gasteiger partial charge in [-0.3, -0.25) is 4.79 Å². The number of rotatable bonds is 3. The van der Waals surface area contributed by atoms with Crippen molar-refractivity contribution in [2.24, 2.45) is 0 Å². The van der Waals surface area contributed by atoms with Gasteiger partial charge in [0.05, 0.1) is 0 Å². The number of carbonyl (C=O) groups is 1. The number of carbonyl (C=O) groups excluding carboxylic acids is 1. The Bertz CT molecular complexity index is 907. The van der Waals surface area contributed by atoms with Gasteiger partial charge < -0.3 is 10.2 Å². The van der Waals surface area contributed by atoms with Gasteiger partial charge in [0.2, 0.25) is 5.91 Å². The van der Waals surface area contributed by atoms with E-state index >= 15 is 0 Å². The number of nitrogens with zero attached hydrogens (tertiary/aromatic N) is 5. The Balaban J connectivity index is 1.58. The van der Waals surface area contributed by atoms with Gasteiger partial charge in [-0.1, -0.05) is 11.6 Å². The summed E-state index contributed by atoms with van der Waals surface area (Å²) in [6, 6.07) is 8.84. The van der Waals surface area contributed by atoms with Gasteiger partial charge in [-0.05, 0) is 37.6 Å². The molecule has 0 aliphatic carbocycles. The summed E-state index contributed by atoms with van der Waals surface area (Å²) in [5.41, 5.74) is 1.67. The van der Waals surface area contributed by atoms with Gasteiger partial charge in [-0.15, -0.1) is 0 Å². The van der Waals surface area contributed by atoms with Gasteiger partial charge in [0.25, 0.3) is 5.78 Å². The predicted octanol–water partition coefficient (Wildman–Crippen LogP) is 2.30. The van der Waals surface area contributed by atoms with Crippen molar-refractivity contribution in [1.29, 1.82) is 0 Å². The second-order valence-electron chi connectivity index (χ2n) is 5.71. The first-order chi connectivity index (χ1) is 11.6. The van der Waals surface area contributed by atoms with Crippen LogP contribution in [0.25, 0.3) is 5.78 Å². The van der Waals surface area contributed by atoms with Gasteiger partial charge >= 0.3 is 0 Å². The molecule has 0 saturated carbocycles. The third-order valence-corrected chi connectivity index (χ3v) is 4.30. The highest BCUT2D eigenvalue weighted by Gasteiger charge is 2.33. The van der Waals surface area contributed by atoms with Crippen molar-refractivity contribution in [3.63, 3.8) is 0 Å². The molecule has 0 radical (unpaired) electrons. The molecule has 1 unspecified atom stereocenters. The number of halogens is 1. The molecule has 1 aromatic carbocycles. The van der Waals surface area contributed by atoms with Gasteiger partial charge in [0.15, 0.2) is 0 Å². The lowest BCUT2D eigenvalue weighted by molar-refractivity contribution is -0.117. The summed E-state index contributed by atoms with van der Waals surface area (Å²) in [4.78, 5) is 22.9. The molecular weight excluding hydrogens is 328 g/mol. The zero-order valence-electron chi connectivity index (χ0n) is 13.0. The van der Waals surface area contributed by atoms with Crippen molar-refractivity contribution in [2.75, 3.05) is 16.8 Å². The smallest absolute Gasteiger partial charge is 0.254 e. The summed E-state index contributed by atoms with van der Waals surface area (Å²) in [7, 11) is 0. The van der Waals surface area contributed by atoms with Gasteiger partial charge in [-0.25, -0.2) is 4.98 Å². The molecule has 8 heteroatoms. The van der Waals surface area contributed by atoms with E-state index in [1.165, 1.54) is 6.33 Å². The molecule has 1 aliphatic heterocycles. The first-order valence-corrected chi connectivity index (χ1v) is 8.00. The second-order valence-corrected chi connectivity index (χ2v) is 6.14. The third-order valence-electron chi connectivity index (χ3n) is 4.05. The lowest BCUT2D eigenvalue weighted by Crippen LogP contribution is -2.34. The zero-order valence-corrected chi connectivity index (χ0v) is 13.7. The molecule has 1 amide bonds. The van der Waals surface area contributed by atoms with Crippen molar-refractivity contribution >= 4 is 34.8 Å². The van der Waals surface area contributed by atoms with Crippen molar-refractivity contribution < 1.29 is 4.79 Å². The van der Waals surface area contributed by atoms with Crippen LogP contribution in [0.2, 0.25) is 5.02 Å². The van der Waals surface area contributed by atoms with E-state index in [9.17, 15) is 4.79 Å². The highest BCUT2D eigenvalue weighted by atomic mass is 35.5. The van der Waals surface area contributed by atoms with E-state index in [2.05, 4.69) is 20.4 Å². The Hall–Kier alpha value is -2.67. The maximum Gasteiger partial charge on any atom is 0.254 e. The van der Waals surface area contributed by atoms with Crippen LogP contribution in [0.3, 0.4) is 0 Å². The molecule has 24 heavy (non-hydrogen) atoms. The Morgan fingerprint density at radius 3 is 2.88 bits per heavy atom. The Morgan fingerprint density at radius 1 is 1.29 bits per heavy atom. The van der Waals surface area contributed by atoms with Crippen LogP contribution in [0, 0.1) is 6.92 Å². The largest absolute Gasteiger partial charge is 0.358 e. The summed E-state index contributed by atoms with van der Waals surface area (Å²) >= 11 is 5.91. The molecule has 1 atom stereocenters. The minimum atomic E-state index is -0.310. The maximum atomic E-state index is 12.7. The van der Waals surface area contributed by atoms with E-state index in [1.54, 1.807) is 21.5 Å². The predicted molar refractivity (Wildman–Crippen MR) is 91.4 cm³/mol. The Kier molecular flexibility index (Phi) is 3.57. The summed E-state index contributed by atoms with van der Waals surface area (Å²) < 4.78 is 1.60. The number of hydrogen-bond acceptors (Lipinski definition) is 5. The molecule has 2 aromatic heterocycles. The molecule has 1 aliphatic rings. The van der Waals surface area contributed by atoms with Crippen LogP contribution in [0.5, 0.6) is 0 Å². The fourth-order valence-corrected chi connectivity index (χ4v) is 3.03. The minimum Gasteiger partial charge on any atom is -0.358 e. The van der Waals surface area contributed by atoms with Crippen molar-refractivity contribution in [1.82, 2.24) is 19.6 Å². The third kappa shape index (κ3) is 2.56. The number of fused-ring (bicyclic) bond motifs is 1. The lowest BCUT2D eigenvalue weighted by Gasteiger charge is -2.18. The number of hydrogen-bond donors (Lipinski definition) is 1. The van der Waals surface area contributed by atoms with Crippen LogP contribution in [0.15, 0.2) is 36.7 Å². The van der Waals surface area contributed by atoms with Crippen LogP contribution >= 0.6 is 11.6 Å². The van der Waals surface area contributed by atoms with Crippen molar-refractivity contribution in [2.45, 2.75) is 19.4 Å². The molecule has 1 N–H and O–H groups in total.